The third-order valence-electron chi connectivity index (χ3n) is 3.46. The lowest BCUT2D eigenvalue weighted by atomic mass is 10.1. The van der Waals surface area contributed by atoms with Gasteiger partial charge in [0, 0.05) is 6.20 Å². The molecule has 0 radical (unpaired) electrons. The Hall–Kier alpha value is -1.74. The van der Waals surface area contributed by atoms with Crippen molar-refractivity contribution in [3.63, 3.8) is 0 Å². The fourth-order valence-electron chi connectivity index (χ4n) is 2.43. The molecule has 1 fully saturated rings. The summed E-state index contributed by atoms with van der Waals surface area (Å²) in [6, 6.07) is 1.74. The van der Waals surface area contributed by atoms with Crippen LogP contribution < -0.4 is 4.74 Å². The molecule has 0 bridgehead atoms. The zero-order valence-corrected chi connectivity index (χ0v) is 10.7. The minimum Gasteiger partial charge on any atom is -0.480 e. The molecule has 3 N–H and O–H groups in total. The zero-order chi connectivity index (χ0) is 14.3. The Morgan fingerprint density at radius 3 is 2.80 bits per heavy atom. The summed E-state index contributed by atoms with van der Waals surface area (Å²) in [5, 5.41) is 29.6. The molecule has 4 atom stereocenters. The first-order valence-corrected chi connectivity index (χ1v) is 6.15. The number of methoxy groups -OCH3 is 1. The van der Waals surface area contributed by atoms with Crippen molar-refractivity contribution in [2.24, 2.45) is 0 Å². The first-order valence-electron chi connectivity index (χ1n) is 6.15. The van der Waals surface area contributed by atoms with Crippen molar-refractivity contribution in [1.29, 1.82) is 0 Å². The van der Waals surface area contributed by atoms with Crippen LogP contribution in [0.2, 0.25) is 0 Å². The molecule has 108 valence electrons. The van der Waals surface area contributed by atoms with E-state index < -0.39 is 24.5 Å². The summed E-state index contributed by atoms with van der Waals surface area (Å²) in [5.74, 6) is 0.417. The van der Waals surface area contributed by atoms with Gasteiger partial charge in [0.05, 0.1) is 19.1 Å². The SMILES string of the molecule is COc1ncnc2c1ccn2[C@@H]1O[C@@H](CO)[C@@H](O)[C@@H]1O. The van der Waals surface area contributed by atoms with Crippen LogP contribution in [-0.4, -0.2) is 61.9 Å². The molecule has 8 heteroatoms. The highest BCUT2D eigenvalue weighted by Crippen LogP contribution is 2.33. The highest BCUT2D eigenvalue weighted by Gasteiger charge is 2.43. The molecule has 3 heterocycles. The maximum absolute atomic E-state index is 10.0. The summed E-state index contributed by atoms with van der Waals surface area (Å²) in [6.45, 7) is -0.369. The van der Waals surface area contributed by atoms with E-state index in [0.29, 0.717) is 16.9 Å². The van der Waals surface area contributed by atoms with Gasteiger partial charge in [-0.05, 0) is 6.07 Å². The molecule has 0 amide bonds. The number of aliphatic hydroxyl groups excluding tert-OH is 3. The average Bonchev–Trinajstić information content (AvgIpc) is 3.01. The van der Waals surface area contributed by atoms with Gasteiger partial charge in [-0.15, -0.1) is 0 Å². The van der Waals surface area contributed by atoms with Crippen molar-refractivity contribution >= 4 is 11.0 Å². The Balaban J connectivity index is 2.03. The molecule has 2 aromatic rings. The Bertz CT molecular complexity index is 616. The quantitative estimate of drug-likeness (QED) is 0.665. The maximum atomic E-state index is 10.0. The van der Waals surface area contributed by atoms with Gasteiger partial charge in [0.1, 0.15) is 30.3 Å². The van der Waals surface area contributed by atoms with Crippen molar-refractivity contribution in [2.45, 2.75) is 24.5 Å². The van der Waals surface area contributed by atoms with Crippen LogP contribution in [0, 0.1) is 0 Å². The Morgan fingerprint density at radius 2 is 2.15 bits per heavy atom. The summed E-state index contributed by atoms with van der Waals surface area (Å²) < 4.78 is 12.2. The highest BCUT2D eigenvalue weighted by atomic mass is 16.6. The van der Waals surface area contributed by atoms with Crippen molar-refractivity contribution in [2.75, 3.05) is 13.7 Å². The molecular weight excluding hydrogens is 266 g/mol. The second-order valence-corrected chi connectivity index (χ2v) is 4.57. The Labute approximate surface area is 114 Å². The molecule has 0 aromatic carbocycles. The standard InChI is InChI=1S/C12H15N3O5/c1-19-11-6-2-3-15(10(6)13-5-14-11)12-9(18)8(17)7(4-16)20-12/h2-3,5,7-9,12,16-18H,4H2,1H3/t7-,8+,9-,12+/m0/s1. The number of rotatable bonds is 3. The number of fused-ring (bicyclic) bond motifs is 1. The number of aliphatic hydroxyl groups is 3. The minimum atomic E-state index is -1.15. The van der Waals surface area contributed by atoms with Crippen LogP contribution in [0.5, 0.6) is 5.88 Å². The largest absolute Gasteiger partial charge is 0.480 e. The van der Waals surface area contributed by atoms with E-state index in [1.807, 2.05) is 0 Å². The number of nitrogens with zero attached hydrogens (tertiary/aromatic N) is 3. The number of hydrogen-bond donors (Lipinski definition) is 3. The van der Waals surface area contributed by atoms with Crippen LogP contribution in [-0.2, 0) is 4.74 Å². The second kappa shape index (κ2) is 4.98. The lowest BCUT2D eigenvalue weighted by Crippen LogP contribution is -2.33. The molecule has 8 nitrogen and oxygen atoms in total. The lowest BCUT2D eigenvalue weighted by molar-refractivity contribution is -0.0508. The predicted octanol–water partition coefficient (Wildman–Crippen LogP) is -0.949. The predicted molar refractivity (Wildman–Crippen MR) is 67.1 cm³/mol. The van der Waals surface area contributed by atoms with Crippen molar-refractivity contribution in [3.8, 4) is 5.88 Å². The topological polar surface area (TPSA) is 110 Å². The van der Waals surface area contributed by atoms with E-state index in [1.54, 1.807) is 16.8 Å². The fourth-order valence-corrected chi connectivity index (χ4v) is 2.43. The molecule has 1 saturated heterocycles. The summed E-state index contributed by atoms with van der Waals surface area (Å²) in [6.07, 6.45) is -0.924. The molecule has 1 aliphatic rings. The van der Waals surface area contributed by atoms with E-state index in [1.165, 1.54) is 13.4 Å². The van der Waals surface area contributed by atoms with Crippen LogP contribution in [0.4, 0.5) is 0 Å². The molecular formula is C12H15N3O5. The van der Waals surface area contributed by atoms with E-state index in [0.717, 1.165) is 0 Å². The number of hydrogen-bond acceptors (Lipinski definition) is 7. The Morgan fingerprint density at radius 1 is 1.35 bits per heavy atom. The molecule has 0 saturated carbocycles. The van der Waals surface area contributed by atoms with E-state index in [4.69, 9.17) is 14.6 Å². The van der Waals surface area contributed by atoms with Gasteiger partial charge in [-0.2, -0.15) is 0 Å². The zero-order valence-electron chi connectivity index (χ0n) is 10.7. The third-order valence-corrected chi connectivity index (χ3v) is 3.46. The minimum absolute atomic E-state index is 0.369. The summed E-state index contributed by atoms with van der Waals surface area (Å²) in [4.78, 5) is 8.13. The monoisotopic (exact) mass is 281 g/mol. The summed E-state index contributed by atoms with van der Waals surface area (Å²) in [5.41, 5.74) is 0.520. The van der Waals surface area contributed by atoms with E-state index in [9.17, 15) is 10.2 Å². The van der Waals surface area contributed by atoms with Gasteiger partial charge < -0.3 is 29.4 Å². The normalized spacial score (nSPS) is 30.0. The van der Waals surface area contributed by atoms with E-state index in [-0.39, 0.29) is 6.61 Å². The van der Waals surface area contributed by atoms with Crippen LogP contribution in [0.1, 0.15) is 6.23 Å². The van der Waals surface area contributed by atoms with Gasteiger partial charge in [0.15, 0.2) is 6.23 Å². The Kier molecular flexibility index (Phi) is 3.30. The maximum Gasteiger partial charge on any atom is 0.225 e. The van der Waals surface area contributed by atoms with Crippen molar-refractivity contribution < 1.29 is 24.8 Å². The first kappa shape index (κ1) is 13.3. The summed E-state index contributed by atoms with van der Waals surface area (Å²) in [7, 11) is 1.51. The molecule has 2 aromatic heterocycles. The molecule has 20 heavy (non-hydrogen) atoms. The smallest absolute Gasteiger partial charge is 0.225 e. The lowest BCUT2D eigenvalue weighted by Gasteiger charge is -2.17. The molecule has 0 aliphatic carbocycles. The average molecular weight is 281 g/mol. The first-order chi connectivity index (χ1) is 9.67. The van der Waals surface area contributed by atoms with Crippen LogP contribution in [0.3, 0.4) is 0 Å². The number of aromatic nitrogens is 3. The van der Waals surface area contributed by atoms with Gasteiger partial charge in [-0.1, -0.05) is 0 Å². The van der Waals surface area contributed by atoms with Gasteiger partial charge in [-0.3, -0.25) is 0 Å². The number of ether oxygens (including phenoxy) is 2. The van der Waals surface area contributed by atoms with E-state index in [2.05, 4.69) is 9.97 Å². The van der Waals surface area contributed by atoms with Gasteiger partial charge in [0.2, 0.25) is 5.88 Å². The summed E-state index contributed by atoms with van der Waals surface area (Å²) >= 11 is 0. The molecule has 0 spiro atoms. The van der Waals surface area contributed by atoms with Crippen LogP contribution >= 0.6 is 0 Å². The molecule has 1 aliphatic heterocycles. The third kappa shape index (κ3) is 1.85. The molecule has 0 unspecified atom stereocenters. The van der Waals surface area contributed by atoms with Gasteiger partial charge in [0.25, 0.3) is 0 Å². The van der Waals surface area contributed by atoms with Crippen molar-refractivity contribution in [3.05, 3.63) is 18.6 Å². The van der Waals surface area contributed by atoms with Gasteiger partial charge in [-0.25, -0.2) is 9.97 Å². The van der Waals surface area contributed by atoms with Crippen LogP contribution in [0.25, 0.3) is 11.0 Å². The van der Waals surface area contributed by atoms with Gasteiger partial charge >= 0.3 is 0 Å². The van der Waals surface area contributed by atoms with Crippen molar-refractivity contribution in [1.82, 2.24) is 14.5 Å². The van der Waals surface area contributed by atoms with E-state index >= 15 is 0 Å². The highest BCUT2D eigenvalue weighted by molar-refractivity contribution is 5.81. The molecule has 3 rings (SSSR count). The fraction of sp³-hybridized carbons (Fsp3) is 0.500. The van der Waals surface area contributed by atoms with Crippen LogP contribution in [0.15, 0.2) is 18.6 Å². The second-order valence-electron chi connectivity index (χ2n) is 4.57.